The van der Waals surface area contributed by atoms with E-state index in [4.69, 9.17) is 38.4 Å². The number of nitrogens with one attached hydrogen (secondary N) is 1. The molecule has 0 heterocycles. The van der Waals surface area contributed by atoms with Crippen LogP contribution in [0.25, 0.3) is 0 Å². The van der Waals surface area contributed by atoms with Gasteiger partial charge >= 0.3 is 0 Å². The van der Waals surface area contributed by atoms with Crippen LogP contribution in [0.15, 0.2) is 36.4 Å². The first-order chi connectivity index (χ1) is 10.9. The number of benzene rings is 2. The highest BCUT2D eigenvalue weighted by Gasteiger charge is 2.17. The molecule has 1 atom stereocenters. The highest BCUT2D eigenvalue weighted by molar-refractivity contribution is 6.35. The molecule has 0 unspecified atom stereocenters. The second-order valence-corrected chi connectivity index (χ2v) is 5.62. The van der Waals surface area contributed by atoms with E-state index in [0.717, 1.165) is 0 Å². The number of carbonyl (C=O) groups is 1. The van der Waals surface area contributed by atoms with Crippen LogP contribution < -0.4 is 20.5 Å². The van der Waals surface area contributed by atoms with Crippen molar-refractivity contribution in [3.8, 4) is 11.5 Å². The number of nitrogen functional groups attached to an aromatic ring is 1. The van der Waals surface area contributed by atoms with Crippen LogP contribution in [0, 0.1) is 0 Å². The van der Waals surface area contributed by atoms with E-state index in [1.807, 2.05) is 0 Å². The summed E-state index contributed by atoms with van der Waals surface area (Å²) in [6, 6.07) is 9.77. The van der Waals surface area contributed by atoms with E-state index in [0.29, 0.717) is 32.9 Å². The minimum Gasteiger partial charge on any atom is -0.497 e. The van der Waals surface area contributed by atoms with Crippen molar-refractivity contribution in [1.82, 2.24) is 0 Å². The number of rotatable bonds is 5. The molecular weight excluding hydrogens is 339 g/mol. The topological polar surface area (TPSA) is 73.6 Å². The van der Waals surface area contributed by atoms with Gasteiger partial charge in [-0.15, -0.1) is 0 Å². The SMILES string of the molecule is COc1ccc(NC(=O)[C@H](C)Oc2ccc(Cl)cc2Cl)c(N)c1. The summed E-state index contributed by atoms with van der Waals surface area (Å²) in [6.07, 6.45) is -0.768. The highest BCUT2D eigenvalue weighted by atomic mass is 35.5. The zero-order chi connectivity index (χ0) is 17.0. The molecule has 5 nitrogen and oxygen atoms in total. The highest BCUT2D eigenvalue weighted by Crippen LogP contribution is 2.29. The van der Waals surface area contributed by atoms with Crippen molar-refractivity contribution in [2.24, 2.45) is 0 Å². The molecule has 122 valence electrons. The van der Waals surface area contributed by atoms with Gasteiger partial charge in [0.05, 0.1) is 23.5 Å². The number of amides is 1. The molecular formula is C16H16Cl2N2O3. The van der Waals surface area contributed by atoms with Crippen LogP contribution in [0.1, 0.15) is 6.92 Å². The summed E-state index contributed by atoms with van der Waals surface area (Å²) in [5.74, 6) is 0.632. The quantitative estimate of drug-likeness (QED) is 0.796. The summed E-state index contributed by atoms with van der Waals surface area (Å²) >= 11 is 11.8. The Labute approximate surface area is 144 Å². The van der Waals surface area contributed by atoms with Crippen LogP contribution in [-0.2, 0) is 4.79 Å². The zero-order valence-electron chi connectivity index (χ0n) is 12.6. The number of ether oxygens (including phenoxy) is 2. The first-order valence-corrected chi connectivity index (χ1v) is 7.52. The van der Waals surface area contributed by atoms with Gasteiger partial charge in [-0.1, -0.05) is 23.2 Å². The molecule has 0 fully saturated rings. The van der Waals surface area contributed by atoms with Crippen LogP contribution in [0.2, 0.25) is 10.0 Å². The van der Waals surface area contributed by atoms with Crippen LogP contribution >= 0.6 is 23.2 Å². The normalized spacial score (nSPS) is 11.7. The van der Waals surface area contributed by atoms with Gasteiger partial charge in [0, 0.05) is 11.1 Å². The summed E-state index contributed by atoms with van der Waals surface area (Å²) in [4.78, 5) is 12.2. The van der Waals surface area contributed by atoms with Crippen LogP contribution in [0.3, 0.4) is 0 Å². The van der Waals surface area contributed by atoms with Gasteiger partial charge < -0.3 is 20.5 Å². The predicted molar refractivity (Wildman–Crippen MR) is 92.6 cm³/mol. The van der Waals surface area contributed by atoms with Crippen molar-refractivity contribution in [2.75, 3.05) is 18.2 Å². The summed E-state index contributed by atoms with van der Waals surface area (Å²) in [5.41, 5.74) is 6.75. The molecule has 0 aliphatic heterocycles. The molecule has 0 aliphatic carbocycles. The van der Waals surface area contributed by atoms with Gasteiger partial charge in [0.1, 0.15) is 11.5 Å². The van der Waals surface area contributed by atoms with E-state index in [1.54, 1.807) is 50.4 Å². The van der Waals surface area contributed by atoms with E-state index in [2.05, 4.69) is 5.32 Å². The van der Waals surface area contributed by atoms with Gasteiger partial charge in [0.25, 0.3) is 5.91 Å². The Kier molecular flexibility index (Phi) is 5.58. The Morgan fingerprint density at radius 3 is 2.57 bits per heavy atom. The number of methoxy groups -OCH3 is 1. The van der Waals surface area contributed by atoms with Crippen molar-refractivity contribution < 1.29 is 14.3 Å². The Morgan fingerprint density at radius 1 is 1.22 bits per heavy atom. The maximum Gasteiger partial charge on any atom is 0.265 e. The molecule has 0 radical (unpaired) electrons. The van der Waals surface area contributed by atoms with Gasteiger partial charge in [0.2, 0.25) is 0 Å². The fourth-order valence-electron chi connectivity index (χ4n) is 1.83. The third-order valence-corrected chi connectivity index (χ3v) is 3.61. The molecule has 0 saturated heterocycles. The number of halogens is 2. The van der Waals surface area contributed by atoms with Gasteiger partial charge in [-0.05, 0) is 37.3 Å². The summed E-state index contributed by atoms with van der Waals surface area (Å²) in [5, 5.41) is 3.52. The minimum atomic E-state index is -0.768. The van der Waals surface area contributed by atoms with E-state index in [-0.39, 0.29) is 5.91 Å². The molecule has 2 rings (SSSR count). The van der Waals surface area contributed by atoms with Gasteiger partial charge in [0.15, 0.2) is 6.10 Å². The number of carbonyl (C=O) groups excluding carboxylic acids is 1. The van der Waals surface area contributed by atoms with E-state index >= 15 is 0 Å². The summed E-state index contributed by atoms with van der Waals surface area (Å²) < 4.78 is 10.6. The third kappa shape index (κ3) is 4.43. The number of nitrogens with two attached hydrogens (primary N) is 1. The lowest BCUT2D eigenvalue weighted by Gasteiger charge is -2.16. The van der Waals surface area contributed by atoms with Crippen molar-refractivity contribution in [3.63, 3.8) is 0 Å². The molecule has 3 N–H and O–H groups in total. The van der Waals surface area contributed by atoms with Gasteiger partial charge in [-0.3, -0.25) is 4.79 Å². The molecule has 0 bridgehead atoms. The van der Waals surface area contributed by atoms with Crippen LogP contribution in [-0.4, -0.2) is 19.1 Å². The second kappa shape index (κ2) is 7.44. The van der Waals surface area contributed by atoms with Gasteiger partial charge in [-0.2, -0.15) is 0 Å². The van der Waals surface area contributed by atoms with E-state index in [1.165, 1.54) is 0 Å². The monoisotopic (exact) mass is 354 g/mol. The van der Waals surface area contributed by atoms with Crippen molar-refractivity contribution in [2.45, 2.75) is 13.0 Å². The lowest BCUT2D eigenvalue weighted by atomic mass is 10.2. The van der Waals surface area contributed by atoms with Gasteiger partial charge in [-0.25, -0.2) is 0 Å². The minimum absolute atomic E-state index is 0.334. The molecule has 1 amide bonds. The van der Waals surface area contributed by atoms with E-state index < -0.39 is 6.10 Å². The maximum absolute atomic E-state index is 12.2. The lowest BCUT2D eigenvalue weighted by Crippen LogP contribution is -2.30. The largest absolute Gasteiger partial charge is 0.497 e. The molecule has 0 aromatic heterocycles. The average Bonchev–Trinajstić information content (AvgIpc) is 2.51. The predicted octanol–water partition coefficient (Wildman–Crippen LogP) is 3.99. The zero-order valence-corrected chi connectivity index (χ0v) is 14.1. The summed E-state index contributed by atoms with van der Waals surface area (Å²) in [7, 11) is 1.54. The van der Waals surface area contributed by atoms with Crippen LogP contribution in [0.4, 0.5) is 11.4 Å². The molecule has 2 aromatic carbocycles. The Morgan fingerprint density at radius 2 is 1.96 bits per heavy atom. The third-order valence-electron chi connectivity index (χ3n) is 3.08. The Bertz CT molecular complexity index is 722. The fraction of sp³-hybridized carbons (Fsp3) is 0.188. The van der Waals surface area contributed by atoms with E-state index in [9.17, 15) is 4.79 Å². The van der Waals surface area contributed by atoms with Crippen molar-refractivity contribution >= 4 is 40.5 Å². The van der Waals surface area contributed by atoms with Crippen molar-refractivity contribution in [3.05, 3.63) is 46.4 Å². The lowest BCUT2D eigenvalue weighted by molar-refractivity contribution is -0.122. The second-order valence-electron chi connectivity index (χ2n) is 4.78. The standard InChI is InChI=1S/C16H16Cl2N2O3/c1-9(23-15-6-3-10(17)7-12(15)18)16(21)20-14-5-4-11(22-2)8-13(14)19/h3-9H,19H2,1-2H3,(H,20,21)/t9-/m0/s1. The number of hydrogen-bond acceptors (Lipinski definition) is 4. The van der Waals surface area contributed by atoms with Crippen molar-refractivity contribution in [1.29, 1.82) is 0 Å². The maximum atomic E-state index is 12.2. The molecule has 0 saturated carbocycles. The van der Waals surface area contributed by atoms with Crippen LogP contribution in [0.5, 0.6) is 11.5 Å². The molecule has 2 aromatic rings. The first-order valence-electron chi connectivity index (χ1n) is 6.77. The Balaban J connectivity index is 2.05. The number of hydrogen-bond donors (Lipinski definition) is 2. The average molecular weight is 355 g/mol. The smallest absolute Gasteiger partial charge is 0.265 e. The molecule has 23 heavy (non-hydrogen) atoms. The molecule has 0 spiro atoms. The summed E-state index contributed by atoms with van der Waals surface area (Å²) in [6.45, 7) is 1.61. The molecule has 0 aliphatic rings. The first kappa shape index (κ1) is 17.2. The number of anilines is 2. The fourth-order valence-corrected chi connectivity index (χ4v) is 2.28. The molecule has 7 heteroatoms. The Hall–Kier alpha value is -2.11.